The lowest BCUT2D eigenvalue weighted by Crippen LogP contribution is -2.56. The first kappa shape index (κ1) is 26.0. The van der Waals surface area contributed by atoms with Crippen molar-refractivity contribution in [3.05, 3.63) is 44.7 Å². The van der Waals surface area contributed by atoms with Gasteiger partial charge in [0.25, 0.3) is 11.5 Å². The van der Waals surface area contributed by atoms with Crippen molar-refractivity contribution in [1.29, 1.82) is 0 Å². The summed E-state index contributed by atoms with van der Waals surface area (Å²) in [5.74, 6) is -0.0772. The largest absolute Gasteiger partial charge is 0.398 e. The molecular formula is C28H42N4O2. The normalized spacial score (nSPS) is 16.3. The molecule has 186 valence electrons. The van der Waals surface area contributed by atoms with E-state index in [1.165, 1.54) is 19.3 Å². The number of nitrogens with zero attached hydrogens (tertiary/aromatic N) is 2. The number of allylic oxidation sites excluding steroid dienone is 1. The molecule has 0 atom stereocenters. The summed E-state index contributed by atoms with van der Waals surface area (Å²) in [5.41, 5.74) is 10.6. The van der Waals surface area contributed by atoms with Crippen LogP contribution in [0.3, 0.4) is 0 Å². The van der Waals surface area contributed by atoms with Gasteiger partial charge >= 0.3 is 0 Å². The Morgan fingerprint density at radius 3 is 2.41 bits per heavy atom. The average Bonchev–Trinajstić information content (AvgIpc) is 2.84. The van der Waals surface area contributed by atoms with Crippen LogP contribution in [0.1, 0.15) is 87.7 Å². The molecule has 1 aliphatic rings. The van der Waals surface area contributed by atoms with Gasteiger partial charge in [0.15, 0.2) is 0 Å². The molecule has 0 radical (unpaired) electrons. The van der Waals surface area contributed by atoms with Crippen molar-refractivity contribution in [1.82, 2.24) is 14.8 Å². The van der Waals surface area contributed by atoms with Gasteiger partial charge in [-0.15, -0.1) is 0 Å². The fraction of sp³-hybridized carbons (Fsp3) is 0.571. The molecule has 3 N–H and O–H groups in total. The molecule has 0 unspecified atom stereocenters. The summed E-state index contributed by atoms with van der Waals surface area (Å²) in [7, 11) is 1.76. The van der Waals surface area contributed by atoms with E-state index < -0.39 is 0 Å². The van der Waals surface area contributed by atoms with Crippen LogP contribution in [0.2, 0.25) is 0 Å². The summed E-state index contributed by atoms with van der Waals surface area (Å²) in [6, 6.07) is 3.77. The second-order valence-electron chi connectivity index (χ2n) is 9.86. The number of rotatable bonds is 8. The molecule has 2 aromatic rings. The molecular weight excluding hydrogens is 424 g/mol. The number of aromatic nitrogens is 1. The zero-order valence-electron chi connectivity index (χ0n) is 21.9. The smallest absolute Gasteiger partial charge is 0.260 e. The average molecular weight is 467 g/mol. The quantitative estimate of drug-likeness (QED) is 0.573. The Balaban J connectivity index is 2.00. The highest BCUT2D eigenvalue weighted by Crippen LogP contribution is 2.33. The van der Waals surface area contributed by atoms with Crippen molar-refractivity contribution in [2.24, 2.45) is 7.05 Å². The number of pyridine rings is 1. The van der Waals surface area contributed by atoms with E-state index in [1.807, 2.05) is 32.1 Å². The molecule has 3 rings (SSSR count). The maximum Gasteiger partial charge on any atom is 0.260 e. The van der Waals surface area contributed by atoms with Crippen LogP contribution in [0.5, 0.6) is 0 Å². The maximum absolute atomic E-state index is 13.4. The van der Waals surface area contributed by atoms with Crippen LogP contribution in [0.15, 0.2) is 22.5 Å². The van der Waals surface area contributed by atoms with Gasteiger partial charge < -0.3 is 15.6 Å². The van der Waals surface area contributed by atoms with Crippen LogP contribution in [0, 0.1) is 6.92 Å². The minimum Gasteiger partial charge on any atom is -0.398 e. The van der Waals surface area contributed by atoms with Gasteiger partial charge in [-0.1, -0.05) is 45.6 Å². The molecule has 6 heteroatoms. The predicted molar refractivity (Wildman–Crippen MR) is 143 cm³/mol. The third-order valence-corrected chi connectivity index (χ3v) is 7.81. The predicted octanol–water partition coefficient (Wildman–Crippen LogP) is 5.02. The van der Waals surface area contributed by atoms with Gasteiger partial charge in [-0.2, -0.15) is 0 Å². The van der Waals surface area contributed by atoms with Crippen molar-refractivity contribution >= 4 is 28.6 Å². The van der Waals surface area contributed by atoms with Gasteiger partial charge in [0, 0.05) is 30.1 Å². The second kappa shape index (κ2) is 10.8. The highest BCUT2D eigenvalue weighted by molar-refractivity contribution is 6.03. The molecule has 1 amide bonds. The van der Waals surface area contributed by atoms with E-state index in [4.69, 9.17) is 5.73 Å². The Hall–Kier alpha value is -2.60. The van der Waals surface area contributed by atoms with Crippen molar-refractivity contribution < 1.29 is 4.79 Å². The summed E-state index contributed by atoms with van der Waals surface area (Å²) >= 11 is 0. The number of benzene rings is 1. The highest BCUT2D eigenvalue weighted by atomic mass is 16.1. The summed E-state index contributed by atoms with van der Waals surface area (Å²) in [4.78, 5) is 28.9. The summed E-state index contributed by atoms with van der Waals surface area (Å²) < 4.78 is 1.63. The molecule has 1 fully saturated rings. The number of nitrogen functional groups attached to an aromatic ring is 1. The van der Waals surface area contributed by atoms with Gasteiger partial charge in [-0.25, -0.2) is 0 Å². The molecule has 1 aliphatic carbocycles. The number of fused-ring (bicyclic) bond motifs is 1. The second-order valence-corrected chi connectivity index (χ2v) is 9.86. The van der Waals surface area contributed by atoms with Gasteiger partial charge in [-0.3, -0.25) is 14.5 Å². The standard InChI is InChI=1S/C28H42N4O2/c1-7-19(4)15-23-25(29)22-17-21(20(5)16-24(22)31(6)27(23)34)26(33)30-18-28(32(8-2)9-3)13-11-10-12-14-28/h15-17H,7-14,18,29H2,1-6H3,(H,30,33)/b19-15-. The number of carbonyl (C=O) groups excluding carboxylic acids is 1. The number of hydrogen-bond acceptors (Lipinski definition) is 4. The van der Waals surface area contributed by atoms with Crippen molar-refractivity contribution in [2.75, 3.05) is 25.4 Å². The first-order chi connectivity index (χ1) is 16.2. The van der Waals surface area contributed by atoms with Crippen LogP contribution in [0.25, 0.3) is 17.0 Å². The van der Waals surface area contributed by atoms with Gasteiger partial charge in [0.2, 0.25) is 0 Å². The minimum atomic E-state index is -0.118. The fourth-order valence-electron chi connectivity index (χ4n) is 5.52. The van der Waals surface area contributed by atoms with Crippen LogP contribution in [-0.4, -0.2) is 40.5 Å². The minimum absolute atomic E-state index is 0.0285. The SMILES string of the molecule is CC/C(C)=C\c1c(N)c2cc(C(=O)NCC3(N(CC)CC)CCCCC3)c(C)cc2n(C)c1=O. The van der Waals surface area contributed by atoms with Crippen LogP contribution < -0.4 is 16.6 Å². The monoisotopic (exact) mass is 466 g/mol. The van der Waals surface area contributed by atoms with E-state index >= 15 is 0 Å². The maximum atomic E-state index is 13.4. The number of carbonyl (C=O) groups is 1. The van der Waals surface area contributed by atoms with Gasteiger partial charge in [0.05, 0.1) is 16.8 Å². The van der Waals surface area contributed by atoms with E-state index in [0.29, 0.717) is 23.4 Å². The van der Waals surface area contributed by atoms with E-state index in [1.54, 1.807) is 11.6 Å². The molecule has 34 heavy (non-hydrogen) atoms. The Kier molecular flexibility index (Phi) is 8.24. The lowest BCUT2D eigenvalue weighted by molar-refractivity contribution is 0.0551. The molecule has 1 saturated carbocycles. The van der Waals surface area contributed by atoms with E-state index in [9.17, 15) is 9.59 Å². The Bertz CT molecular complexity index is 1140. The fourth-order valence-corrected chi connectivity index (χ4v) is 5.52. The van der Waals surface area contributed by atoms with Crippen LogP contribution in [0.4, 0.5) is 5.69 Å². The Morgan fingerprint density at radius 1 is 1.18 bits per heavy atom. The number of likely N-dealkylation sites (N-methyl/N-ethyl adjacent to an activating group) is 1. The molecule has 6 nitrogen and oxygen atoms in total. The van der Waals surface area contributed by atoms with Gasteiger partial charge in [0.1, 0.15) is 0 Å². The van der Waals surface area contributed by atoms with Crippen molar-refractivity contribution in [3.63, 3.8) is 0 Å². The zero-order valence-corrected chi connectivity index (χ0v) is 21.9. The van der Waals surface area contributed by atoms with E-state index in [2.05, 4.69) is 31.0 Å². The number of amides is 1. The van der Waals surface area contributed by atoms with Crippen molar-refractivity contribution in [3.8, 4) is 0 Å². The topological polar surface area (TPSA) is 80.4 Å². The van der Waals surface area contributed by atoms with E-state index in [-0.39, 0.29) is 17.0 Å². The summed E-state index contributed by atoms with van der Waals surface area (Å²) in [6.45, 7) is 13.0. The zero-order chi connectivity index (χ0) is 25.0. The third kappa shape index (κ3) is 4.92. The number of nitrogens with one attached hydrogen (secondary N) is 1. The molecule has 0 spiro atoms. The first-order valence-corrected chi connectivity index (χ1v) is 12.8. The number of hydrogen-bond donors (Lipinski definition) is 2. The highest BCUT2D eigenvalue weighted by Gasteiger charge is 2.36. The van der Waals surface area contributed by atoms with E-state index in [0.717, 1.165) is 54.4 Å². The van der Waals surface area contributed by atoms with Crippen LogP contribution >= 0.6 is 0 Å². The third-order valence-electron chi connectivity index (χ3n) is 7.81. The summed E-state index contributed by atoms with van der Waals surface area (Å²) in [5, 5.41) is 4.00. The molecule has 0 bridgehead atoms. The summed E-state index contributed by atoms with van der Waals surface area (Å²) in [6.07, 6.45) is 8.64. The molecule has 1 heterocycles. The van der Waals surface area contributed by atoms with Crippen molar-refractivity contribution in [2.45, 2.75) is 78.7 Å². The first-order valence-electron chi connectivity index (χ1n) is 12.8. The van der Waals surface area contributed by atoms with Crippen LogP contribution in [-0.2, 0) is 7.05 Å². The number of anilines is 1. The van der Waals surface area contributed by atoms with Gasteiger partial charge in [-0.05, 0) is 70.0 Å². The Labute approximate surface area is 204 Å². The molecule has 1 aromatic carbocycles. The molecule has 0 aliphatic heterocycles. The number of nitrogens with two attached hydrogens (primary N) is 1. The Morgan fingerprint density at radius 2 is 1.82 bits per heavy atom. The lowest BCUT2D eigenvalue weighted by Gasteiger charge is -2.46. The molecule has 1 aromatic heterocycles. The lowest BCUT2D eigenvalue weighted by atomic mass is 9.80. The number of aryl methyl sites for hydroxylation is 2. The molecule has 0 saturated heterocycles.